The molecule has 4 aliphatic heterocycles. The van der Waals surface area contributed by atoms with Crippen LogP contribution in [0.15, 0.2) is 0 Å². The van der Waals surface area contributed by atoms with E-state index in [4.69, 9.17) is 56.8 Å². The van der Waals surface area contributed by atoms with Crippen LogP contribution >= 0.6 is 0 Å². The Hall–Kier alpha value is -6.87. The SMILES string of the molecule is CCC(C)(C)C(=O)OC(C)(C)C12CC3CC(CC(C3)C1)C2.CCC(C)(C)C(=O)OC(C)(C)C1CCC(C)CC1.CCC(C)(C)C(=O)OC(C)(C)C1CCC(C)CC1.CCC(C)(C)C(=O)OC(C)(C)C1CCC(C)CC1.CCC(C)(C)C(=O)OC1C2CC3C(=O)OC1C3C2.CCC(C)(C)C(=O)OC1C2CC3C(=O)OC1C3C2.CCC(C)(C)C(=O)OC1C2CC3C(=O)OC1C3C2.CCC(C)(C)C(=O)OC1C2CC3C1OC(=O)C3(C#N)C2. The van der Waals surface area contributed by atoms with Crippen LogP contribution in [0.4, 0.5) is 0 Å². The van der Waals surface area contributed by atoms with Gasteiger partial charge in [-0.15, -0.1) is 0 Å². The van der Waals surface area contributed by atoms with Crippen molar-refractivity contribution >= 4 is 71.6 Å². The van der Waals surface area contributed by atoms with Crippen LogP contribution < -0.4 is 0 Å². The molecule has 12 bridgehead atoms. The largest absolute Gasteiger partial charge is 0.459 e. The van der Waals surface area contributed by atoms with Gasteiger partial charge in [0.2, 0.25) is 0 Å². The van der Waals surface area contributed by atoms with Crippen molar-refractivity contribution in [1.82, 2.24) is 0 Å². The minimum Gasteiger partial charge on any atom is -0.459 e. The predicted octanol–water partition coefficient (Wildman–Crippen LogP) is 26.2. The Labute approximate surface area is 896 Å². The first-order chi connectivity index (χ1) is 68.9. The Morgan fingerprint density at radius 1 is 0.295 bits per heavy atom. The maximum absolute atomic E-state index is 12.6. The minimum absolute atomic E-state index is 0.00857. The molecule has 15 aliphatic carbocycles. The van der Waals surface area contributed by atoms with E-state index in [9.17, 15) is 62.8 Å². The highest BCUT2D eigenvalue weighted by Gasteiger charge is 2.73. The van der Waals surface area contributed by atoms with Gasteiger partial charge in [0.1, 0.15) is 71.2 Å². The van der Waals surface area contributed by atoms with E-state index in [1.807, 2.05) is 159 Å². The van der Waals surface area contributed by atoms with Crippen molar-refractivity contribution in [1.29, 1.82) is 5.26 Å². The summed E-state index contributed by atoms with van der Waals surface area (Å²) in [5.41, 5.74) is -5.32. The third-order valence-electron chi connectivity index (χ3n) is 42.2. The average molecular weight is 2090 g/mol. The lowest BCUT2D eigenvalue weighted by Gasteiger charge is -2.61. The van der Waals surface area contributed by atoms with Gasteiger partial charge in [-0.1, -0.05) is 115 Å². The van der Waals surface area contributed by atoms with E-state index < -0.39 is 39.1 Å². The molecule has 15 saturated carbocycles. The molecule has 4 saturated heterocycles. The number of esters is 12. The second-order valence-electron chi connectivity index (χ2n) is 57.3. The van der Waals surface area contributed by atoms with Crippen LogP contribution in [0, 0.1) is 184 Å². The Kier molecular flexibility index (Phi) is 38.2. The summed E-state index contributed by atoms with van der Waals surface area (Å²) in [7, 11) is 0. The van der Waals surface area contributed by atoms with Crippen LogP contribution in [-0.2, 0) is 114 Å². The summed E-state index contributed by atoms with van der Waals surface area (Å²) in [6.07, 6.45) is 33.9. The lowest BCUT2D eigenvalue weighted by molar-refractivity contribution is -0.206. The Balaban J connectivity index is 0.000000162. The summed E-state index contributed by atoms with van der Waals surface area (Å²) in [5.74, 6) is 7.26. The maximum atomic E-state index is 12.6. The fraction of sp³-hybridized carbons (Fsp3) is 0.895. The molecule has 0 aromatic heterocycles. The normalized spacial score (nSPS) is 35.3. The molecule has 25 heteroatoms. The Morgan fingerprint density at radius 3 is 0.772 bits per heavy atom. The van der Waals surface area contributed by atoms with E-state index in [0.29, 0.717) is 66.1 Å². The quantitative estimate of drug-likeness (QED) is 0.0519. The molecule has 19 rings (SSSR count). The molecule has 19 fully saturated rings. The van der Waals surface area contributed by atoms with E-state index >= 15 is 0 Å². The first kappa shape index (κ1) is 122. The summed E-state index contributed by atoms with van der Waals surface area (Å²) in [4.78, 5) is 145. The molecule has 0 aromatic rings. The van der Waals surface area contributed by atoms with Crippen LogP contribution in [0.1, 0.15) is 461 Å². The zero-order chi connectivity index (χ0) is 111. The first-order valence-electron chi connectivity index (χ1n) is 58.9. The highest BCUT2D eigenvalue weighted by atomic mass is 16.6. The molecule has 0 aromatic carbocycles. The number of hydrogen-bond acceptors (Lipinski definition) is 25. The second kappa shape index (κ2) is 46.5. The van der Waals surface area contributed by atoms with E-state index in [0.717, 1.165) is 125 Å². The van der Waals surface area contributed by atoms with Crippen molar-refractivity contribution in [3.05, 3.63) is 0 Å². The summed E-state index contributed by atoms with van der Waals surface area (Å²) < 4.78 is 67.8. The maximum Gasteiger partial charge on any atom is 0.327 e. The van der Waals surface area contributed by atoms with Gasteiger partial charge in [0.05, 0.1) is 67.1 Å². The molecule has 149 heavy (non-hydrogen) atoms. The van der Waals surface area contributed by atoms with Crippen LogP contribution in [0.5, 0.6) is 0 Å². The van der Waals surface area contributed by atoms with Gasteiger partial charge in [0.15, 0.2) is 5.41 Å². The topological polar surface area (TPSA) is 339 Å². The van der Waals surface area contributed by atoms with E-state index in [-0.39, 0.29) is 187 Å². The fourth-order valence-electron chi connectivity index (χ4n) is 27.3. The number of hydrogen-bond donors (Lipinski definition) is 0. The average Bonchev–Trinajstić information content (AvgIpc) is 1.50. The molecule has 0 N–H and O–H groups in total. The van der Waals surface area contributed by atoms with E-state index in [1.165, 1.54) is 116 Å². The molecule has 846 valence electrons. The van der Waals surface area contributed by atoms with Gasteiger partial charge >= 0.3 is 71.6 Å². The van der Waals surface area contributed by atoms with Crippen LogP contribution in [-0.4, -0.2) is 143 Å². The molecular formula is C124H201NO24. The summed E-state index contributed by atoms with van der Waals surface area (Å²) in [6, 6.07) is 2.15. The summed E-state index contributed by atoms with van der Waals surface area (Å²) in [6.45, 7) is 70.7. The highest BCUT2D eigenvalue weighted by Crippen LogP contribution is 2.67. The van der Waals surface area contributed by atoms with Crippen LogP contribution in [0.3, 0.4) is 0 Å². The fourth-order valence-corrected chi connectivity index (χ4v) is 27.3. The smallest absolute Gasteiger partial charge is 0.327 e. The van der Waals surface area contributed by atoms with Crippen LogP contribution in [0.2, 0.25) is 0 Å². The second-order valence-corrected chi connectivity index (χ2v) is 57.3. The van der Waals surface area contributed by atoms with E-state index in [1.54, 1.807) is 0 Å². The van der Waals surface area contributed by atoms with Gasteiger partial charge in [0.25, 0.3) is 0 Å². The predicted molar refractivity (Wildman–Crippen MR) is 570 cm³/mol. The molecule has 25 nitrogen and oxygen atoms in total. The lowest BCUT2D eigenvalue weighted by atomic mass is 9.46. The zero-order valence-electron chi connectivity index (χ0n) is 99.0. The molecule has 0 spiro atoms. The number of fused-ring (bicyclic) bond motifs is 4. The molecular weight excluding hydrogens is 1890 g/mol. The number of carbonyl (C=O) groups excluding carboxylic acids is 12. The number of nitrogens with zero attached hydrogens (tertiary/aromatic N) is 1. The molecule has 0 radical (unpaired) electrons. The Bertz CT molecular complexity index is 4390. The molecule has 20 atom stereocenters. The van der Waals surface area contributed by atoms with Crippen molar-refractivity contribution in [2.24, 2.45) is 173 Å². The molecule has 4 heterocycles. The van der Waals surface area contributed by atoms with Gasteiger partial charge in [-0.25, -0.2) is 0 Å². The summed E-state index contributed by atoms with van der Waals surface area (Å²) in [5, 5.41) is 9.31. The highest BCUT2D eigenvalue weighted by molar-refractivity contribution is 5.86. The number of ether oxygens (including phenoxy) is 12. The van der Waals surface area contributed by atoms with Crippen molar-refractivity contribution in [2.45, 2.75) is 532 Å². The van der Waals surface area contributed by atoms with Crippen molar-refractivity contribution in [3.8, 4) is 6.07 Å². The van der Waals surface area contributed by atoms with Crippen molar-refractivity contribution in [2.75, 3.05) is 0 Å². The molecule has 20 unspecified atom stereocenters. The van der Waals surface area contributed by atoms with Crippen LogP contribution in [0.25, 0.3) is 0 Å². The number of carbonyl (C=O) groups is 12. The van der Waals surface area contributed by atoms with Gasteiger partial charge in [-0.2, -0.15) is 5.26 Å². The number of rotatable bonds is 28. The third-order valence-corrected chi connectivity index (χ3v) is 42.2. The minimum atomic E-state index is -0.974. The third kappa shape index (κ3) is 26.5. The van der Waals surface area contributed by atoms with Gasteiger partial charge in [-0.3, -0.25) is 57.5 Å². The first-order valence-corrected chi connectivity index (χ1v) is 58.9. The van der Waals surface area contributed by atoms with E-state index in [2.05, 4.69) is 89.2 Å². The monoisotopic (exact) mass is 2090 g/mol. The van der Waals surface area contributed by atoms with Crippen molar-refractivity contribution < 1.29 is 114 Å². The molecule has 0 amide bonds. The Morgan fingerprint density at radius 2 is 0.530 bits per heavy atom. The lowest BCUT2D eigenvalue weighted by Crippen LogP contribution is -2.58. The van der Waals surface area contributed by atoms with Gasteiger partial charge < -0.3 is 56.8 Å². The van der Waals surface area contributed by atoms with Gasteiger partial charge in [0, 0.05) is 52.8 Å². The van der Waals surface area contributed by atoms with Crippen molar-refractivity contribution in [3.63, 3.8) is 0 Å². The number of nitriles is 1. The summed E-state index contributed by atoms with van der Waals surface area (Å²) >= 11 is 0. The van der Waals surface area contributed by atoms with Gasteiger partial charge in [-0.05, 0) is 399 Å². The molecule has 19 aliphatic rings. The standard InChI is InChI=1S/C19H32O2.3C16H30O2.C15H19NO4.3C14H20O4/c1-6-17(2,3)16(20)21-18(4,5)19-10-13-7-14(11-19)9-15(8-13)12-19;3*1-7-15(3,4)14(17)18-16(5,6)13-10-8-12(2)9-11-13;1-4-14(2,3)12(17)19-10-8-5-9-11(10)20-13(18)15(9,6-8)7-16;3*1-4-14(2,3)13(16)18-10-7-5-8-9(6-7)12(15)17-11(8)10/h13-15H,6-12H2,1-5H3;3*12-13H,7-11H2,1-6H3;8-11H,4-6H2,1-3H3;3*7-11H,4-6H2,1-3H3. The zero-order valence-corrected chi connectivity index (χ0v) is 99.0.